The van der Waals surface area contributed by atoms with Gasteiger partial charge in [-0.25, -0.2) is 8.42 Å². The number of thiophene rings is 1. The summed E-state index contributed by atoms with van der Waals surface area (Å²) in [5.41, 5.74) is 0.448. The van der Waals surface area contributed by atoms with E-state index in [1.807, 2.05) is 0 Å². The van der Waals surface area contributed by atoms with Crippen LogP contribution in [-0.2, 0) is 14.8 Å². The minimum Gasteiger partial charge on any atom is -0.476 e. The monoisotopic (exact) mass is 352 g/mol. The molecule has 0 fully saturated rings. The van der Waals surface area contributed by atoms with Crippen LogP contribution in [0.2, 0.25) is 0 Å². The maximum Gasteiger partial charge on any atom is 0.274 e. The van der Waals surface area contributed by atoms with Crippen LogP contribution in [0.25, 0.3) is 0 Å². The van der Waals surface area contributed by atoms with Gasteiger partial charge in [-0.3, -0.25) is 9.10 Å². The van der Waals surface area contributed by atoms with E-state index < -0.39 is 16.1 Å². The fourth-order valence-electron chi connectivity index (χ4n) is 2.37. The molecule has 2 heterocycles. The average Bonchev–Trinajstić information content (AvgIpc) is 3.08. The number of nitrogens with zero attached hydrogens (tertiary/aromatic N) is 2. The fraction of sp³-hybridized carbons (Fsp3) is 0.267. The Morgan fingerprint density at radius 1 is 1.26 bits per heavy atom. The van der Waals surface area contributed by atoms with Gasteiger partial charge in [0.1, 0.15) is 9.96 Å². The first kappa shape index (κ1) is 15.8. The highest BCUT2D eigenvalue weighted by molar-refractivity contribution is 7.94. The van der Waals surface area contributed by atoms with Crippen LogP contribution in [-0.4, -0.2) is 46.0 Å². The van der Waals surface area contributed by atoms with Crippen molar-refractivity contribution < 1.29 is 17.9 Å². The third-order valence-corrected chi connectivity index (χ3v) is 6.64. The number of hydrogen-bond acceptors (Lipinski definition) is 5. The van der Waals surface area contributed by atoms with Gasteiger partial charge in [-0.15, -0.1) is 11.3 Å². The van der Waals surface area contributed by atoms with E-state index >= 15 is 0 Å². The summed E-state index contributed by atoms with van der Waals surface area (Å²) < 4.78 is 33.0. The van der Waals surface area contributed by atoms with E-state index in [1.54, 1.807) is 55.9 Å². The molecule has 0 saturated heterocycles. The van der Waals surface area contributed by atoms with Gasteiger partial charge in [-0.1, -0.05) is 18.2 Å². The standard InChI is InChI=1S/C15H16N2O4S2/c1-16(2)15(18)13-10-17(11-6-3-4-7-12(11)21-13)23(19,20)14-8-5-9-22-14/h3-9,13H,10H2,1-2H3. The Bertz CT molecular complexity index is 816. The summed E-state index contributed by atoms with van der Waals surface area (Å²) in [4.78, 5) is 13.6. The second kappa shape index (κ2) is 5.86. The van der Waals surface area contributed by atoms with Crippen LogP contribution in [0.15, 0.2) is 46.0 Å². The lowest BCUT2D eigenvalue weighted by atomic mass is 10.2. The van der Waals surface area contributed by atoms with Crippen LogP contribution in [0.1, 0.15) is 0 Å². The Hall–Kier alpha value is -2.06. The molecule has 0 bridgehead atoms. The number of ether oxygens (including phenoxy) is 1. The van der Waals surface area contributed by atoms with Gasteiger partial charge in [-0.2, -0.15) is 0 Å². The van der Waals surface area contributed by atoms with Gasteiger partial charge in [0, 0.05) is 14.1 Å². The van der Waals surface area contributed by atoms with Crippen LogP contribution in [0.4, 0.5) is 5.69 Å². The zero-order chi connectivity index (χ0) is 16.6. The van der Waals surface area contributed by atoms with Gasteiger partial charge >= 0.3 is 0 Å². The summed E-state index contributed by atoms with van der Waals surface area (Å²) in [6.07, 6.45) is -0.866. The molecular formula is C15H16N2O4S2. The molecule has 2 aromatic rings. The zero-order valence-electron chi connectivity index (χ0n) is 12.7. The molecule has 1 unspecified atom stereocenters. The lowest BCUT2D eigenvalue weighted by Gasteiger charge is -2.35. The zero-order valence-corrected chi connectivity index (χ0v) is 14.3. The summed E-state index contributed by atoms with van der Waals surface area (Å²) in [6, 6.07) is 10.1. The minimum absolute atomic E-state index is 0.0474. The van der Waals surface area contributed by atoms with Gasteiger partial charge in [-0.05, 0) is 23.6 Å². The third kappa shape index (κ3) is 2.79. The van der Waals surface area contributed by atoms with Crippen molar-refractivity contribution in [2.24, 2.45) is 0 Å². The number of anilines is 1. The van der Waals surface area contributed by atoms with Gasteiger partial charge in [0.15, 0.2) is 6.10 Å². The Morgan fingerprint density at radius 3 is 2.65 bits per heavy atom. The number of sulfonamides is 1. The second-order valence-corrected chi connectivity index (χ2v) is 8.31. The smallest absolute Gasteiger partial charge is 0.274 e. The number of fused-ring (bicyclic) bond motifs is 1. The number of carbonyl (C=O) groups excluding carboxylic acids is 1. The molecule has 8 heteroatoms. The predicted octanol–water partition coefficient (Wildman–Crippen LogP) is 1.79. The lowest BCUT2D eigenvalue weighted by Crippen LogP contribution is -2.50. The van der Waals surface area contributed by atoms with E-state index in [9.17, 15) is 13.2 Å². The molecule has 23 heavy (non-hydrogen) atoms. The van der Waals surface area contributed by atoms with E-state index in [0.29, 0.717) is 11.4 Å². The second-order valence-electron chi connectivity index (χ2n) is 5.28. The first-order valence-electron chi connectivity index (χ1n) is 6.94. The molecule has 3 rings (SSSR count). The van der Waals surface area contributed by atoms with Gasteiger partial charge in [0.05, 0.1) is 12.2 Å². The summed E-state index contributed by atoms with van der Waals surface area (Å²) in [7, 11) is -0.492. The number of hydrogen-bond donors (Lipinski definition) is 0. The summed E-state index contributed by atoms with van der Waals surface area (Å²) in [6.45, 7) is -0.0474. The van der Waals surface area contributed by atoms with Crippen LogP contribution in [0.3, 0.4) is 0 Å². The largest absolute Gasteiger partial charge is 0.476 e. The predicted molar refractivity (Wildman–Crippen MR) is 88.4 cm³/mol. The highest BCUT2D eigenvalue weighted by atomic mass is 32.2. The Morgan fingerprint density at radius 2 is 2.00 bits per heavy atom. The molecule has 6 nitrogen and oxygen atoms in total. The SMILES string of the molecule is CN(C)C(=O)C1CN(S(=O)(=O)c2cccs2)c2ccccc2O1. The maximum atomic E-state index is 12.9. The summed E-state index contributed by atoms with van der Waals surface area (Å²) in [5.74, 6) is 0.116. The van der Waals surface area contributed by atoms with Gasteiger partial charge < -0.3 is 9.64 Å². The van der Waals surface area contributed by atoms with E-state index in [0.717, 1.165) is 11.3 Å². The average molecular weight is 352 g/mol. The summed E-state index contributed by atoms with van der Waals surface area (Å²) in [5, 5.41) is 1.71. The minimum atomic E-state index is -3.72. The first-order valence-corrected chi connectivity index (χ1v) is 9.26. The van der Waals surface area contributed by atoms with Crippen molar-refractivity contribution in [1.82, 2.24) is 4.90 Å². The molecule has 0 radical (unpaired) electrons. The van der Waals surface area contributed by atoms with E-state index in [-0.39, 0.29) is 16.7 Å². The van der Waals surface area contributed by atoms with Crippen molar-refractivity contribution >= 4 is 33.0 Å². The van der Waals surface area contributed by atoms with Gasteiger partial charge in [0.25, 0.3) is 15.9 Å². The molecule has 0 N–H and O–H groups in total. The van der Waals surface area contributed by atoms with Crippen molar-refractivity contribution in [1.29, 1.82) is 0 Å². The van der Waals surface area contributed by atoms with Crippen molar-refractivity contribution in [2.75, 3.05) is 24.9 Å². The normalized spacial score (nSPS) is 17.3. The molecule has 1 atom stereocenters. The number of likely N-dealkylation sites (N-methyl/N-ethyl adjacent to an activating group) is 1. The van der Waals surface area contributed by atoms with Gasteiger partial charge in [0.2, 0.25) is 0 Å². The molecule has 122 valence electrons. The maximum absolute atomic E-state index is 12.9. The van der Waals surface area contributed by atoms with Crippen LogP contribution in [0.5, 0.6) is 5.75 Å². The number of benzene rings is 1. The molecule has 0 saturated carbocycles. The van der Waals surface area contributed by atoms with Crippen molar-refractivity contribution in [3.63, 3.8) is 0 Å². The van der Waals surface area contributed by atoms with Crippen LogP contribution >= 0.6 is 11.3 Å². The molecule has 1 amide bonds. The Labute approximate surface area is 139 Å². The molecule has 0 spiro atoms. The van der Waals surface area contributed by atoms with Crippen LogP contribution in [0, 0.1) is 0 Å². The summed E-state index contributed by atoms with van der Waals surface area (Å²) >= 11 is 1.15. The Kier molecular flexibility index (Phi) is 4.03. The topological polar surface area (TPSA) is 66.9 Å². The molecule has 0 aliphatic carbocycles. The first-order chi connectivity index (χ1) is 10.9. The van der Waals surface area contributed by atoms with Crippen LogP contribution < -0.4 is 9.04 Å². The number of amides is 1. The highest BCUT2D eigenvalue weighted by Crippen LogP contribution is 2.37. The third-order valence-electron chi connectivity index (χ3n) is 3.49. The van der Waals surface area contributed by atoms with E-state index in [2.05, 4.69) is 0 Å². The highest BCUT2D eigenvalue weighted by Gasteiger charge is 2.38. The molecule has 1 aliphatic heterocycles. The van der Waals surface area contributed by atoms with E-state index in [1.165, 1.54) is 9.21 Å². The van der Waals surface area contributed by atoms with E-state index in [4.69, 9.17) is 4.74 Å². The van der Waals surface area contributed by atoms with Crippen molar-refractivity contribution in [3.8, 4) is 5.75 Å². The van der Waals surface area contributed by atoms with Crippen molar-refractivity contribution in [3.05, 3.63) is 41.8 Å². The fourth-order valence-corrected chi connectivity index (χ4v) is 4.95. The molecule has 1 aliphatic rings. The lowest BCUT2D eigenvalue weighted by molar-refractivity contribution is -0.135. The number of para-hydroxylation sites is 2. The molecular weight excluding hydrogens is 336 g/mol. The number of carbonyl (C=O) groups is 1. The number of rotatable bonds is 3. The quantitative estimate of drug-likeness (QED) is 0.845. The van der Waals surface area contributed by atoms with Crippen molar-refractivity contribution in [2.45, 2.75) is 10.3 Å². The Balaban J connectivity index is 2.06. The molecule has 1 aromatic heterocycles. The molecule has 1 aromatic carbocycles.